The minimum Gasteiger partial charge on any atom is -0.281 e. The predicted molar refractivity (Wildman–Crippen MR) is 48.8 cm³/mol. The number of carbonyl (C=O) groups is 1. The van der Waals surface area contributed by atoms with Gasteiger partial charge >= 0.3 is 0 Å². The van der Waals surface area contributed by atoms with E-state index in [0.717, 1.165) is 12.8 Å². The summed E-state index contributed by atoms with van der Waals surface area (Å²) >= 11 is 5.24. The van der Waals surface area contributed by atoms with Crippen LogP contribution in [0.25, 0.3) is 0 Å². The van der Waals surface area contributed by atoms with Crippen molar-refractivity contribution in [2.24, 2.45) is 5.92 Å². The van der Waals surface area contributed by atoms with Gasteiger partial charge in [0.1, 0.15) is 0 Å². The molecule has 0 radical (unpaired) electrons. The Bertz CT molecular complexity index is 112. The average molecular weight is 177 g/mol. The van der Waals surface area contributed by atoms with E-state index in [-0.39, 0.29) is 5.24 Å². The van der Waals surface area contributed by atoms with Crippen LogP contribution in [-0.4, -0.2) is 5.24 Å². The lowest BCUT2D eigenvalue weighted by atomic mass is 9.96. The van der Waals surface area contributed by atoms with Crippen molar-refractivity contribution < 1.29 is 4.79 Å². The summed E-state index contributed by atoms with van der Waals surface area (Å²) in [5.41, 5.74) is 0. The molecule has 66 valence electrons. The number of halogens is 1. The first kappa shape index (κ1) is 11.0. The van der Waals surface area contributed by atoms with Crippen LogP contribution in [0.4, 0.5) is 0 Å². The molecule has 0 spiro atoms. The first-order chi connectivity index (χ1) is 5.20. The van der Waals surface area contributed by atoms with Gasteiger partial charge in [-0.3, -0.25) is 4.79 Å². The van der Waals surface area contributed by atoms with E-state index in [1.807, 2.05) is 0 Å². The van der Waals surface area contributed by atoms with Gasteiger partial charge < -0.3 is 0 Å². The molecule has 1 unspecified atom stereocenters. The van der Waals surface area contributed by atoms with Crippen LogP contribution in [0.1, 0.15) is 46.0 Å². The van der Waals surface area contributed by atoms with Crippen LogP contribution in [0.15, 0.2) is 0 Å². The van der Waals surface area contributed by atoms with Crippen molar-refractivity contribution in [3.05, 3.63) is 0 Å². The SMILES string of the molecule is CCCC(CC)CCC(=O)Cl. The molecule has 0 heterocycles. The zero-order chi connectivity index (χ0) is 8.69. The molecule has 0 bridgehead atoms. The monoisotopic (exact) mass is 176 g/mol. The molecule has 1 atom stereocenters. The summed E-state index contributed by atoms with van der Waals surface area (Å²) in [4.78, 5) is 10.4. The van der Waals surface area contributed by atoms with Crippen molar-refractivity contribution in [1.29, 1.82) is 0 Å². The molecule has 0 aliphatic heterocycles. The second-order valence-electron chi connectivity index (χ2n) is 2.96. The van der Waals surface area contributed by atoms with Crippen LogP contribution in [0.2, 0.25) is 0 Å². The highest BCUT2D eigenvalue weighted by molar-refractivity contribution is 6.63. The van der Waals surface area contributed by atoms with Gasteiger partial charge in [0.25, 0.3) is 0 Å². The van der Waals surface area contributed by atoms with Gasteiger partial charge in [0.15, 0.2) is 0 Å². The molecule has 0 aromatic rings. The quantitative estimate of drug-likeness (QED) is 0.568. The number of hydrogen-bond donors (Lipinski definition) is 0. The molecule has 0 aliphatic rings. The Morgan fingerprint density at radius 2 is 2.00 bits per heavy atom. The van der Waals surface area contributed by atoms with Crippen molar-refractivity contribution in [3.63, 3.8) is 0 Å². The number of hydrogen-bond acceptors (Lipinski definition) is 1. The van der Waals surface area contributed by atoms with Crippen molar-refractivity contribution >= 4 is 16.8 Å². The van der Waals surface area contributed by atoms with E-state index in [1.165, 1.54) is 12.8 Å². The lowest BCUT2D eigenvalue weighted by Crippen LogP contribution is -2.00. The molecule has 2 heteroatoms. The fraction of sp³-hybridized carbons (Fsp3) is 0.889. The maximum atomic E-state index is 10.4. The van der Waals surface area contributed by atoms with Gasteiger partial charge in [-0.15, -0.1) is 0 Å². The largest absolute Gasteiger partial charge is 0.281 e. The van der Waals surface area contributed by atoms with Crippen molar-refractivity contribution in [3.8, 4) is 0 Å². The number of rotatable bonds is 6. The van der Waals surface area contributed by atoms with Crippen molar-refractivity contribution in [1.82, 2.24) is 0 Å². The van der Waals surface area contributed by atoms with E-state index in [2.05, 4.69) is 13.8 Å². The van der Waals surface area contributed by atoms with E-state index >= 15 is 0 Å². The van der Waals surface area contributed by atoms with Crippen LogP contribution in [0.3, 0.4) is 0 Å². The second kappa shape index (κ2) is 6.66. The molecule has 0 fully saturated rings. The standard InChI is InChI=1S/C9H17ClO/c1-3-5-8(4-2)6-7-9(10)11/h8H,3-7H2,1-2H3. The first-order valence-corrected chi connectivity index (χ1v) is 4.76. The van der Waals surface area contributed by atoms with Crippen LogP contribution in [0, 0.1) is 5.92 Å². The maximum Gasteiger partial charge on any atom is 0.221 e. The van der Waals surface area contributed by atoms with E-state index in [4.69, 9.17) is 11.6 Å². The number of carbonyl (C=O) groups excluding carboxylic acids is 1. The normalized spacial score (nSPS) is 13.0. The third-order valence-electron chi connectivity index (χ3n) is 2.02. The van der Waals surface area contributed by atoms with Crippen LogP contribution < -0.4 is 0 Å². The summed E-state index contributed by atoms with van der Waals surface area (Å²) < 4.78 is 0. The molecule has 0 rings (SSSR count). The van der Waals surface area contributed by atoms with Gasteiger partial charge in [-0.1, -0.05) is 33.1 Å². The highest BCUT2D eigenvalue weighted by Gasteiger charge is 2.06. The van der Waals surface area contributed by atoms with Gasteiger partial charge in [0.05, 0.1) is 0 Å². The van der Waals surface area contributed by atoms with Gasteiger partial charge in [-0.25, -0.2) is 0 Å². The van der Waals surface area contributed by atoms with Crippen molar-refractivity contribution in [2.45, 2.75) is 46.0 Å². The van der Waals surface area contributed by atoms with E-state index < -0.39 is 0 Å². The van der Waals surface area contributed by atoms with Gasteiger partial charge in [-0.2, -0.15) is 0 Å². The minimum absolute atomic E-state index is 0.195. The molecular formula is C9H17ClO. The van der Waals surface area contributed by atoms with Crippen LogP contribution >= 0.6 is 11.6 Å². The smallest absolute Gasteiger partial charge is 0.221 e. The lowest BCUT2D eigenvalue weighted by Gasteiger charge is -2.10. The molecular weight excluding hydrogens is 160 g/mol. The summed E-state index contributed by atoms with van der Waals surface area (Å²) in [5, 5.41) is -0.195. The molecule has 0 aliphatic carbocycles. The molecule has 1 nitrogen and oxygen atoms in total. The van der Waals surface area contributed by atoms with Gasteiger partial charge in [0.2, 0.25) is 5.24 Å². The highest BCUT2D eigenvalue weighted by Crippen LogP contribution is 2.17. The molecule has 0 amide bonds. The maximum absolute atomic E-state index is 10.4. The molecule has 0 N–H and O–H groups in total. The Balaban J connectivity index is 3.43. The Morgan fingerprint density at radius 1 is 1.36 bits per heavy atom. The zero-order valence-electron chi connectivity index (χ0n) is 7.40. The fourth-order valence-electron chi connectivity index (χ4n) is 1.28. The second-order valence-corrected chi connectivity index (χ2v) is 3.38. The molecule has 0 aromatic carbocycles. The molecule has 11 heavy (non-hydrogen) atoms. The Labute approximate surface area is 74.1 Å². The Morgan fingerprint density at radius 3 is 2.36 bits per heavy atom. The summed E-state index contributed by atoms with van der Waals surface area (Å²) in [6.45, 7) is 4.34. The summed E-state index contributed by atoms with van der Waals surface area (Å²) in [6, 6.07) is 0. The van der Waals surface area contributed by atoms with E-state index in [0.29, 0.717) is 12.3 Å². The van der Waals surface area contributed by atoms with Crippen LogP contribution in [-0.2, 0) is 4.79 Å². The lowest BCUT2D eigenvalue weighted by molar-refractivity contribution is -0.111. The third kappa shape index (κ3) is 6.36. The van der Waals surface area contributed by atoms with E-state index in [9.17, 15) is 4.79 Å². The van der Waals surface area contributed by atoms with Crippen molar-refractivity contribution in [2.75, 3.05) is 0 Å². The zero-order valence-corrected chi connectivity index (χ0v) is 8.16. The van der Waals surface area contributed by atoms with Gasteiger partial charge in [0, 0.05) is 6.42 Å². The van der Waals surface area contributed by atoms with E-state index in [1.54, 1.807) is 0 Å². The third-order valence-corrected chi connectivity index (χ3v) is 2.21. The Hall–Kier alpha value is -0.0400. The predicted octanol–water partition coefficient (Wildman–Crippen LogP) is 3.36. The minimum atomic E-state index is -0.195. The topological polar surface area (TPSA) is 17.1 Å². The molecule has 0 saturated carbocycles. The summed E-state index contributed by atoms with van der Waals surface area (Å²) in [7, 11) is 0. The van der Waals surface area contributed by atoms with Crippen LogP contribution in [0.5, 0.6) is 0 Å². The average Bonchev–Trinajstić information content (AvgIpc) is 1.97. The summed E-state index contributed by atoms with van der Waals surface area (Å²) in [6.07, 6.45) is 5.10. The first-order valence-electron chi connectivity index (χ1n) is 4.39. The molecule has 0 aromatic heterocycles. The van der Waals surface area contributed by atoms with Gasteiger partial charge in [-0.05, 0) is 23.9 Å². The highest BCUT2D eigenvalue weighted by atomic mass is 35.5. The molecule has 0 saturated heterocycles. The Kier molecular flexibility index (Phi) is 6.63. The summed E-state index contributed by atoms with van der Waals surface area (Å²) in [5.74, 6) is 0.697. The fourth-order valence-corrected chi connectivity index (χ4v) is 1.39.